The van der Waals surface area contributed by atoms with Gasteiger partial charge < -0.3 is 5.32 Å². The van der Waals surface area contributed by atoms with Crippen LogP contribution >= 0.6 is 0 Å². The van der Waals surface area contributed by atoms with Crippen molar-refractivity contribution in [3.8, 4) is 0 Å². The zero-order chi connectivity index (χ0) is 13.9. The molecule has 6 nitrogen and oxygen atoms in total. The summed E-state index contributed by atoms with van der Waals surface area (Å²) in [4.78, 5) is 7.98. The van der Waals surface area contributed by atoms with Gasteiger partial charge in [-0.3, -0.25) is 0 Å². The summed E-state index contributed by atoms with van der Waals surface area (Å²) in [6.07, 6.45) is 6.70. The van der Waals surface area contributed by atoms with Crippen molar-refractivity contribution in [1.29, 1.82) is 0 Å². The highest BCUT2D eigenvalue weighted by atomic mass is 32.2. The van der Waals surface area contributed by atoms with E-state index in [4.69, 9.17) is 0 Å². The van der Waals surface area contributed by atoms with Gasteiger partial charge in [-0.25, -0.2) is 23.1 Å². The van der Waals surface area contributed by atoms with Gasteiger partial charge in [-0.1, -0.05) is 19.8 Å². The van der Waals surface area contributed by atoms with E-state index in [1.165, 1.54) is 18.8 Å². The summed E-state index contributed by atoms with van der Waals surface area (Å²) in [6.45, 7) is 2.16. The molecule has 1 heterocycles. The number of rotatable bonds is 4. The average Bonchev–Trinajstić information content (AvgIpc) is 2.38. The average molecular weight is 284 g/mol. The van der Waals surface area contributed by atoms with E-state index in [9.17, 15) is 8.42 Å². The van der Waals surface area contributed by atoms with E-state index >= 15 is 0 Å². The Morgan fingerprint density at radius 3 is 2.53 bits per heavy atom. The molecule has 2 rings (SSSR count). The highest BCUT2D eigenvalue weighted by Gasteiger charge is 2.25. The first-order chi connectivity index (χ1) is 9.01. The minimum atomic E-state index is -3.51. The fourth-order valence-corrected chi connectivity index (χ4v) is 3.58. The van der Waals surface area contributed by atoms with Gasteiger partial charge in [0.25, 0.3) is 0 Å². The smallest absolute Gasteiger partial charge is 0.243 e. The van der Waals surface area contributed by atoms with E-state index in [0.29, 0.717) is 11.9 Å². The lowest BCUT2D eigenvalue weighted by molar-refractivity contribution is 0.327. The van der Waals surface area contributed by atoms with Crippen molar-refractivity contribution in [2.45, 2.75) is 43.5 Å². The Balaban J connectivity index is 2.08. The number of nitrogens with zero attached hydrogens (tertiary/aromatic N) is 2. The van der Waals surface area contributed by atoms with Crippen LogP contribution in [-0.4, -0.2) is 31.5 Å². The van der Waals surface area contributed by atoms with E-state index in [1.807, 2.05) is 0 Å². The molecule has 0 amide bonds. The lowest BCUT2D eigenvalue weighted by Crippen LogP contribution is -2.38. The van der Waals surface area contributed by atoms with Gasteiger partial charge in [0.2, 0.25) is 16.0 Å². The van der Waals surface area contributed by atoms with Crippen molar-refractivity contribution in [3.05, 3.63) is 12.4 Å². The lowest BCUT2D eigenvalue weighted by Gasteiger charge is -2.27. The molecule has 1 aliphatic carbocycles. The van der Waals surface area contributed by atoms with Gasteiger partial charge >= 0.3 is 0 Å². The number of hydrogen-bond donors (Lipinski definition) is 2. The largest absolute Gasteiger partial charge is 0.357 e. The monoisotopic (exact) mass is 284 g/mol. The highest BCUT2D eigenvalue weighted by molar-refractivity contribution is 7.89. The molecular formula is C12H20N4O2S. The topological polar surface area (TPSA) is 84.0 Å². The Morgan fingerprint density at radius 1 is 1.26 bits per heavy atom. The Kier molecular flexibility index (Phi) is 4.36. The Morgan fingerprint density at radius 2 is 1.95 bits per heavy atom. The number of hydrogen-bond acceptors (Lipinski definition) is 5. The van der Waals surface area contributed by atoms with Crippen molar-refractivity contribution in [2.75, 3.05) is 12.4 Å². The van der Waals surface area contributed by atoms with E-state index < -0.39 is 10.0 Å². The first-order valence-electron chi connectivity index (χ1n) is 6.53. The third-order valence-corrected chi connectivity index (χ3v) is 4.90. The maximum Gasteiger partial charge on any atom is 0.243 e. The third kappa shape index (κ3) is 3.63. The standard InChI is InChI=1S/C12H20N4O2S/c1-9-4-3-5-10(6-9)16-19(17,18)11-7-14-12(13-2)15-8-11/h7-10,16H,3-6H2,1-2H3,(H,13,14,15). The molecule has 0 bridgehead atoms. The maximum absolute atomic E-state index is 12.2. The molecule has 1 aliphatic rings. The molecule has 7 heteroatoms. The second-order valence-electron chi connectivity index (χ2n) is 5.08. The SMILES string of the molecule is CNc1ncc(S(=O)(=O)NC2CCCC(C)C2)cn1. The Labute approximate surface area is 114 Å². The van der Waals surface area contributed by atoms with Crippen molar-refractivity contribution < 1.29 is 8.42 Å². The summed E-state index contributed by atoms with van der Waals surface area (Å²) in [7, 11) is -1.83. The number of anilines is 1. The molecule has 0 saturated heterocycles. The summed E-state index contributed by atoms with van der Waals surface area (Å²) >= 11 is 0. The Bertz CT molecular complexity index is 515. The molecule has 2 unspecified atom stereocenters. The summed E-state index contributed by atoms with van der Waals surface area (Å²) in [5.74, 6) is 0.981. The maximum atomic E-state index is 12.2. The third-order valence-electron chi connectivity index (χ3n) is 3.42. The second-order valence-corrected chi connectivity index (χ2v) is 6.80. The fraction of sp³-hybridized carbons (Fsp3) is 0.667. The highest BCUT2D eigenvalue weighted by Crippen LogP contribution is 2.24. The first-order valence-corrected chi connectivity index (χ1v) is 8.01. The van der Waals surface area contributed by atoms with Crippen molar-refractivity contribution >= 4 is 16.0 Å². The van der Waals surface area contributed by atoms with Crippen LogP contribution < -0.4 is 10.0 Å². The number of nitrogens with one attached hydrogen (secondary N) is 2. The molecule has 1 fully saturated rings. The molecule has 19 heavy (non-hydrogen) atoms. The van der Waals surface area contributed by atoms with Crippen LogP contribution in [0.1, 0.15) is 32.6 Å². The van der Waals surface area contributed by atoms with Gasteiger partial charge in [0, 0.05) is 13.1 Å². The van der Waals surface area contributed by atoms with Crippen molar-refractivity contribution in [3.63, 3.8) is 0 Å². The van der Waals surface area contributed by atoms with E-state index in [-0.39, 0.29) is 10.9 Å². The van der Waals surface area contributed by atoms with Gasteiger partial charge in [0.15, 0.2) is 0 Å². The van der Waals surface area contributed by atoms with Gasteiger partial charge in [0.05, 0.1) is 12.4 Å². The summed E-state index contributed by atoms with van der Waals surface area (Å²) in [6, 6.07) is 0.0257. The Hall–Kier alpha value is -1.21. The molecule has 106 valence electrons. The van der Waals surface area contributed by atoms with Gasteiger partial charge in [-0.2, -0.15) is 0 Å². The molecule has 1 aromatic rings. The molecule has 1 aromatic heterocycles. The summed E-state index contributed by atoms with van der Waals surface area (Å²) < 4.78 is 27.1. The minimum Gasteiger partial charge on any atom is -0.357 e. The fourth-order valence-electron chi connectivity index (χ4n) is 2.41. The van der Waals surface area contributed by atoms with Crippen LogP contribution in [-0.2, 0) is 10.0 Å². The van der Waals surface area contributed by atoms with Crippen LogP contribution in [0.4, 0.5) is 5.95 Å². The minimum absolute atomic E-state index is 0.0257. The molecule has 0 aliphatic heterocycles. The van der Waals surface area contributed by atoms with Gasteiger partial charge in [-0.15, -0.1) is 0 Å². The second kappa shape index (κ2) is 5.83. The summed E-state index contributed by atoms with van der Waals surface area (Å²) in [5, 5.41) is 2.76. The molecule has 0 aromatic carbocycles. The van der Waals surface area contributed by atoms with E-state index in [1.54, 1.807) is 7.05 Å². The van der Waals surface area contributed by atoms with E-state index in [2.05, 4.69) is 26.9 Å². The molecule has 2 N–H and O–H groups in total. The van der Waals surface area contributed by atoms with Crippen LogP contribution in [0.5, 0.6) is 0 Å². The van der Waals surface area contributed by atoms with E-state index in [0.717, 1.165) is 19.3 Å². The van der Waals surface area contributed by atoms with Crippen LogP contribution in [0.2, 0.25) is 0 Å². The van der Waals surface area contributed by atoms with Crippen molar-refractivity contribution in [2.24, 2.45) is 5.92 Å². The molecule has 0 spiro atoms. The van der Waals surface area contributed by atoms with Crippen LogP contribution in [0.15, 0.2) is 17.3 Å². The van der Waals surface area contributed by atoms with Crippen LogP contribution in [0.25, 0.3) is 0 Å². The zero-order valence-corrected chi connectivity index (χ0v) is 12.1. The summed E-state index contributed by atoms with van der Waals surface area (Å²) in [5.41, 5.74) is 0. The number of sulfonamides is 1. The van der Waals surface area contributed by atoms with Gasteiger partial charge in [-0.05, 0) is 18.8 Å². The first kappa shape index (κ1) is 14.2. The zero-order valence-electron chi connectivity index (χ0n) is 11.3. The van der Waals surface area contributed by atoms with Gasteiger partial charge in [0.1, 0.15) is 4.90 Å². The molecule has 0 radical (unpaired) electrons. The van der Waals surface area contributed by atoms with Crippen LogP contribution in [0.3, 0.4) is 0 Å². The molecular weight excluding hydrogens is 264 g/mol. The van der Waals surface area contributed by atoms with Crippen LogP contribution in [0, 0.1) is 5.92 Å². The number of aromatic nitrogens is 2. The predicted octanol–water partition coefficient (Wildman–Crippen LogP) is 1.38. The molecule has 2 atom stereocenters. The quantitative estimate of drug-likeness (QED) is 0.872. The predicted molar refractivity (Wildman–Crippen MR) is 73.3 cm³/mol. The van der Waals surface area contributed by atoms with Crippen molar-refractivity contribution in [1.82, 2.24) is 14.7 Å². The lowest BCUT2D eigenvalue weighted by atomic mass is 9.88. The molecule has 1 saturated carbocycles. The normalized spacial score (nSPS) is 24.1.